The molecule has 3 rings (SSSR count). The van der Waals surface area contributed by atoms with Crippen LogP contribution in [0.1, 0.15) is 30.3 Å². The first kappa shape index (κ1) is 17.2. The van der Waals surface area contributed by atoms with Gasteiger partial charge >= 0.3 is 5.97 Å². The van der Waals surface area contributed by atoms with Crippen LogP contribution in [-0.2, 0) is 4.79 Å². The molecule has 1 heterocycles. The number of carbonyl (C=O) groups excluding carboxylic acids is 1. The largest absolute Gasteiger partial charge is 0.480 e. The van der Waals surface area contributed by atoms with Crippen LogP contribution in [0.15, 0.2) is 23.6 Å². The molecule has 24 heavy (non-hydrogen) atoms. The summed E-state index contributed by atoms with van der Waals surface area (Å²) in [6.07, 6.45) is 1.65. The molecule has 0 aliphatic heterocycles. The molecule has 1 saturated carbocycles. The summed E-state index contributed by atoms with van der Waals surface area (Å²) in [5.41, 5.74) is 1.01. The molecule has 1 fully saturated rings. The van der Waals surface area contributed by atoms with Crippen LogP contribution < -0.4 is 0 Å². The summed E-state index contributed by atoms with van der Waals surface area (Å²) in [5, 5.41) is 12.4. The van der Waals surface area contributed by atoms with Gasteiger partial charge in [-0.2, -0.15) is 0 Å². The molecule has 1 N–H and O–H groups in total. The highest BCUT2D eigenvalue weighted by Crippen LogP contribution is 2.33. The molecule has 1 atom stereocenters. The number of aliphatic carboxylic acids is 1. The van der Waals surface area contributed by atoms with Crippen molar-refractivity contribution >= 4 is 46.4 Å². The van der Waals surface area contributed by atoms with Gasteiger partial charge in [-0.3, -0.25) is 4.79 Å². The van der Waals surface area contributed by atoms with Gasteiger partial charge in [-0.05, 0) is 31.9 Å². The Kier molecular flexibility index (Phi) is 4.80. The van der Waals surface area contributed by atoms with Crippen molar-refractivity contribution in [1.29, 1.82) is 0 Å². The quantitative estimate of drug-likeness (QED) is 0.838. The van der Waals surface area contributed by atoms with Crippen LogP contribution in [0.4, 0.5) is 0 Å². The van der Waals surface area contributed by atoms with Gasteiger partial charge in [0.2, 0.25) is 0 Å². The number of rotatable bonds is 5. The monoisotopic (exact) mass is 384 g/mol. The summed E-state index contributed by atoms with van der Waals surface area (Å²) in [7, 11) is 0. The Balaban J connectivity index is 1.87. The van der Waals surface area contributed by atoms with Crippen molar-refractivity contribution in [1.82, 2.24) is 9.88 Å². The number of carboxylic acid groups (broad SMARTS) is 1. The smallest absolute Gasteiger partial charge is 0.326 e. The molecule has 2 aromatic rings. The summed E-state index contributed by atoms with van der Waals surface area (Å²) in [5.74, 6) is -1.37. The second kappa shape index (κ2) is 6.70. The minimum atomic E-state index is -1.02. The number of nitrogens with zero attached hydrogens (tertiary/aromatic N) is 2. The third-order valence-corrected chi connectivity index (χ3v) is 5.47. The molecule has 1 aromatic carbocycles. The Morgan fingerprint density at radius 3 is 2.62 bits per heavy atom. The number of carboxylic acids is 1. The van der Waals surface area contributed by atoms with Gasteiger partial charge in [0.15, 0.2) is 0 Å². The van der Waals surface area contributed by atoms with E-state index in [-0.39, 0.29) is 17.6 Å². The molecule has 1 aromatic heterocycles. The number of carbonyl (C=O) groups is 2. The van der Waals surface area contributed by atoms with Gasteiger partial charge in [-0.15, -0.1) is 11.3 Å². The topological polar surface area (TPSA) is 70.5 Å². The van der Waals surface area contributed by atoms with Crippen molar-refractivity contribution in [3.63, 3.8) is 0 Å². The number of hydrogen-bond acceptors (Lipinski definition) is 4. The second-order valence-corrected chi connectivity index (χ2v) is 7.30. The van der Waals surface area contributed by atoms with E-state index in [0.717, 1.165) is 18.4 Å². The van der Waals surface area contributed by atoms with Gasteiger partial charge < -0.3 is 10.0 Å². The van der Waals surface area contributed by atoms with Crippen LogP contribution in [0.25, 0.3) is 10.6 Å². The highest BCUT2D eigenvalue weighted by atomic mass is 35.5. The minimum Gasteiger partial charge on any atom is -0.480 e. The zero-order chi connectivity index (χ0) is 17.4. The van der Waals surface area contributed by atoms with Crippen LogP contribution in [0.5, 0.6) is 0 Å². The van der Waals surface area contributed by atoms with Crippen molar-refractivity contribution < 1.29 is 14.7 Å². The average molecular weight is 385 g/mol. The zero-order valence-corrected chi connectivity index (χ0v) is 15.0. The lowest BCUT2D eigenvalue weighted by atomic mass is 10.2. The molecule has 1 aliphatic carbocycles. The van der Waals surface area contributed by atoms with E-state index in [1.807, 2.05) is 0 Å². The van der Waals surface area contributed by atoms with Crippen molar-refractivity contribution in [3.8, 4) is 10.6 Å². The lowest BCUT2D eigenvalue weighted by Crippen LogP contribution is -2.44. The van der Waals surface area contributed by atoms with Crippen LogP contribution in [0, 0.1) is 0 Å². The van der Waals surface area contributed by atoms with Crippen molar-refractivity contribution in [3.05, 3.63) is 39.3 Å². The first-order valence-corrected chi connectivity index (χ1v) is 8.98. The number of hydrogen-bond donors (Lipinski definition) is 1. The van der Waals surface area contributed by atoms with Gasteiger partial charge in [0.1, 0.15) is 16.7 Å². The second-order valence-electron chi connectivity index (χ2n) is 5.62. The predicted octanol–water partition coefficient (Wildman–Crippen LogP) is 4.19. The van der Waals surface area contributed by atoms with E-state index in [2.05, 4.69) is 4.98 Å². The van der Waals surface area contributed by atoms with E-state index < -0.39 is 12.0 Å². The van der Waals surface area contributed by atoms with Crippen LogP contribution >= 0.6 is 34.5 Å². The van der Waals surface area contributed by atoms with Gasteiger partial charge in [0, 0.05) is 17.0 Å². The third-order valence-electron chi connectivity index (χ3n) is 3.84. The van der Waals surface area contributed by atoms with E-state index in [9.17, 15) is 14.7 Å². The number of amides is 1. The maximum Gasteiger partial charge on any atom is 0.326 e. The van der Waals surface area contributed by atoms with Gasteiger partial charge in [0.25, 0.3) is 5.91 Å². The Morgan fingerprint density at radius 2 is 2.04 bits per heavy atom. The Morgan fingerprint density at radius 1 is 1.33 bits per heavy atom. The van der Waals surface area contributed by atoms with Crippen LogP contribution in [0.3, 0.4) is 0 Å². The first-order chi connectivity index (χ1) is 11.4. The maximum absolute atomic E-state index is 12.7. The molecule has 1 unspecified atom stereocenters. The molecule has 1 amide bonds. The lowest BCUT2D eigenvalue weighted by Gasteiger charge is -2.25. The standard InChI is InChI=1S/C16H14Cl2N2O3S/c1-8(16(22)23)20(10-3-4-10)15(21)13-7-24-14(19-13)9-2-5-11(17)12(18)6-9/h2,5-8,10H,3-4H2,1H3,(H,22,23). The molecule has 5 nitrogen and oxygen atoms in total. The van der Waals surface area contributed by atoms with E-state index >= 15 is 0 Å². The Hall–Kier alpha value is -1.63. The van der Waals surface area contributed by atoms with Crippen LogP contribution in [0.2, 0.25) is 10.0 Å². The SMILES string of the molecule is CC(C(=O)O)N(C(=O)c1csc(-c2ccc(Cl)c(Cl)c2)n1)C1CC1. The highest BCUT2D eigenvalue weighted by molar-refractivity contribution is 7.13. The fraction of sp³-hybridized carbons (Fsp3) is 0.312. The van der Waals surface area contributed by atoms with E-state index in [4.69, 9.17) is 23.2 Å². The highest BCUT2D eigenvalue weighted by Gasteiger charge is 2.39. The molecular weight excluding hydrogens is 371 g/mol. The summed E-state index contributed by atoms with van der Waals surface area (Å²) >= 11 is 13.2. The number of halogens is 2. The van der Waals surface area contributed by atoms with E-state index in [1.54, 1.807) is 23.6 Å². The molecule has 0 spiro atoms. The maximum atomic E-state index is 12.7. The normalized spacial score (nSPS) is 15.1. The van der Waals surface area contributed by atoms with Crippen molar-refractivity contribution in [2.24, 2.45) is 0 Å². The van der Waals surface area contributed by atoms with E-state index in [0.29, 0.717) is 15.1 Å². The summed E-state index contributed by atoms with van der Waals surface area (Å²) in [6, 6.07) is 4.25. The molecule has 0 saturated heterocycles. The summed E-state index contributed by atoms with van der Waals surface area (Å²) in [4.78, 5) is 29.7. The first-order valence-electron chi connectivity index (χ1n) is 7.35. The lowest BCUT2D eigenvalue weighted by molar-refractivity contribution is -0.141. The fourth-order valence-corrected chi connectivity index (χ4v) is 3.48. The van der Waals surface area contributed by atoms with Gasteiger partial charge in [-0.1, -0.05) is 29.3 Å². The number of aromatic nitrogens is 1. The van der Waals surface area contributed by atoms with Crippen molar-refractivity contribution in [2.75, 3.05) is 0 Å². The summed E-state index contributed by atoms with van der Waals surface area (Å²) < 4.78 is 0. The van der Waals surface area contributed by atoms with E-state index in [1.165, 1.54) is 23.2 Å². The molecule has 126 valence electrons. The predicted molar refractivity (Wildman–Crippen MR) is 93.9 cm³/mol. The molecular formula is C16H14Cl2N2O3S. The average Bonchev–Trinajstić information content (AvgIpc) is 3.24. The Labute approximate surface area is 152 Å². The minimum absolute atomic E-state index is 0.0151. The van der Waals surface area contributed by atoms with Crippen LogP contribution in [-0.4, -0.2) is 39.0 Å². The molecule has 0 bridgehead atoms. The zero-order valence-electron chi connectivity index (χ0n) is 12.7. The Bertz CT molecular complexity index is 804. The van der Waals surface area contributed by atoms with Crippen molar-refractivity contribution in [2.45, 2.75) is 31.8 Å². The summed E-state index contributed by atoms with van der Waals surface area (Å²) in [6.45, 7) is 1.52. The number of benzene rings is 1. The van der Waals surface area contributed by atoms with Gasteiger partial charge in [-0.25, -0.2) is 9.78 Å². The third kappa shape index (κ3) is 3.41. The van der Waals surface area contributed by atoms with Gasteiger partial charge in [0.05, 0.1) is 10.0 Å². The molecule has 8 heteroatoms. The number of thiazole rings is 1. The molecule has 1 aliphatic rings. The molecule has 0 radical (unpaired) electrons. The fourth-order valence-electron chi connectivity index (χ4n) is 2.40.